The molecule has 2 amide bonds. The molecule has 0 aromatic heterocycles. The van der Waals surface area contributed by atoms with Gasteiger partial charge in [0, 0.05) is 18.2 Å². The number of ether oxygens (including phenoxy) is 3. The van der Waals surface area contributed by atoms with Crippen molar-refractivity contribution in [2.24, 2.45) is 0 Å². The summed E-state index contributed by atoms with van der Waals surface area (Å²) in [5, 5.41) is 5.35. The van der Waals surface area contributed by atoms with Crippen LogP contribution in [0.25, 0.3) is 6.08 Å². The Morgan fingerprint density at radius 3 is 2.31 bits per heavy atom. The van der Waals surface area contributed by atoms with Crippen molar-refractivity contribution in [3.8, 4) is 11.5 Å². The lowest BCUT2D eigenvalue weighted by molar-refractivity contribution is -0.124. The van der Waals surface area contributed by atoms with Gasteiger partial charge in [-0.3, -0.25) is 9.59 Å². The molecular weight excluding hydrogens is 448 g/mol. The van der Waals surface area contributed by atoms with Crippen molar-refractivity contribution < 1.29 is 28.6 Å². The van der Waals surface area contributed by atoms with E-state index in [9.17, 15) is 14.4 Å². The van der Waals surface area contributed by atoms with Gasteiger partial charge in [0.25, 0.3) is 5.91 Å². The van der Waals surface area contributed by atoms with E-state index in [0.29, 0.717) is 11.5 Å². The number of rotatable bonds is 10. The van der Waals surface area contributed by atoms with Gasteiger partial charge < -0.3 is 24.8 Å². The first-order valence-electron chi connectivity index (χ1n) is 10.8. The predicted molar refractivity (Wildman–Crippen MR) is 132 cm³/mol. The Hall–Kier alpha value is -4.59. The lowest BCUT2D eigenvalue weighted by Crippen LogP contribution is -2.28. The molecule has 0 bridgehead atoms. The van der Waals surface area contributed by atoms with E-state index in [0.717, 1.165) is 11.1 Å². The molecule has 8 nitrogen and oxygen atoms in total. The molecule has 35 heavy (non-hydrogen) atoms. The largest absolute Gasteiger partial charge is 0.497 e. The summed E-state index contributed by atoms with van der Waals surface area (Å²) in [6.45, 7) is -0.235. The maximum atomic E-state index is 12.6. The van der Waals surface area contributed by atoms with E-state index >= 15 is 0 Å². The number of methoxy groups -OCH3 is 2. The van der Waals surface area contributed by atoms with E-state index < -0.39 is 24.4 Å². The Bertz CT molecular complexity index is 1200. The summed E-state index contributed by atoms with van der Waals surface area (Å²) in [4.78, 5) is 37.1. The maximum absolute atomic E-state index is 12.6. The second-order valence-corrected chi connectivity index (χ2v) is 7.31. The zero-order valence-corrected chi connectivity index (χ0v) is 19.4. The first-order chi connectivity index (χ1) is 17.0. The van der Waals surface area contributed by atoms with Crippen LogP contribution in [0.15, 0.2) is 78.9 Å². The third-order valence-electron chi connectivity index (χ3n) is 4.95. The van der Waals surface area contributed by atoms with Gasteiger partial charge in [-0.25, -0.2) is 4.79 Å². The molecule has 0 atom stereocenters. The molecule has 2 N–H and O–H groups in total. The number of anilines is 1. The summed E-state index contributed by atoms with van der Waals surface area (Å²) in [5.74, 6) is -0.251. The predicted octanol–water partition coefficient (Wildman–Crippen LogP) is 3.83. The highest BCUT2D eigenvalue weighted by Gasteiger charge is 2.15. The zero-order valence-electron chi connectivity index (χ0n) is 19.4. The summed E-state index contributed by atoms with van der Waals surface area (Å²) in [6, 6.07) is 20.9. The van der Waals surface area contributed by atoms with Crippen molar-refractivity contribution in [3.63, 3.8) is 0 Å². The van der Waals surface area contributed by atoms with Gasteiger partial charge in [-0.05, 0) is 42.0 Å². The van der Waals surface area contributed by atoms with Gasteiger partial charge >= 0.3 is 5.97 Å². The minimum absolute atomic E-state index is 0.135. The molecule has 0 saturated carbocycles. The first-order valence-corrected chi connectivity index (χ1v) is 10.8. The van der Waals surface area contributed by atoms with Crippen LogP contribution in [0.5, 0.6) is 11.5 Å². The SMILES string of the molecule is COc1ccc(/C=C/C(=O)Nc2ccccc2C(=O)OCC(=O)NCc2ccccc2OC)cc1. The molecule has 0 aliphatic heterocycles. The standard InChI is InChI=1S/C27H26N2O6/c1-33-21-14-11-19(12-15-21)13-16-25(30)29-23-9-5-4-8-22(23)27(32)35-18-26(31)28-17-20-7-3-6-10-24(20)34-2/h3-16H,17-18H2,1-2H3,(H,28,31)(H,29,30)/b16-13+. The van der Waals surface area contributed by atoms with E-state index in [1.807, 2.05) is 30.3 Å². The molecule has 8 heteroatoms. The molecule has 0 unspecified atom stereocenters. The summed E-state index contributed by atoms with van der Waals surface area (Å²) in [6.07, 6.45) is 3.00. The lowest BCUT2D eigenvalue weighted by Gasteiger charge is -2.11. The number of nitrogens with one attached hydrogen (secondary N) is 2. The molecule has 0 spiro atoms. The summed E-state index contributed by atoms with van der Waals surface area (Å²) in [5.41, 5.74) is 2.02. The average molecular weight is 475 g/mol. The van der Waals surface area contributed by atoms with Crippen LogP contribution in [0.1, 0.15) is 21.5 Å². The number of carbonyl (C=O) groups excluding carboxylic acids is 3. The van der Waals surface area contributed by atoms with E-state index in [4.69, 9.17) is 14.2 Å². The van der Waals surface area contributed by atoms with Gasteiger partial charge in [0.2, 0.25) is 5.91 Å². The maximum Gasteiger partial charge on any atom is 0.340 e. The van der Waals surface area contributed by atoms with Crippen LogP contribution < -0.4 is 20.1 Å². The third-order valence-corrected chi connectivity index (χ3v) is 4.95. The Morgan fingerprint density at radius 2 is 1.57 bits per heavy atom. The minimum atomic E-state index is -0.729. The van der Waals surface area contributed by atoms with Crippen molar-refractivity contribution in [2.75, 3.05) is 26.1 Å². The molecule has 180 valence electrons. The van der Waals surface area contributed by atoms with Crippen molar-refractivity contribution in [1.29, 1.82) is 0 Å². The van der Waals surface area contributed by atoms with Crippen LogP contribution in [0, 0.1) is 0 Å². The number of para-hydroxylation sites is 2. The fourth-order valence-electron chi connectivity index (χ4n) is 3.13. The quantitative estimate of drug-likeness (QED) is 0.342. The highest BCUT2D eigenvalue weighted by Crippen LogP contribution is 2.18. The molecule has 0 aliphatic carbocycles. The van der Waals surface area contributed by atoms with Gasteiger partial charge in [-0.1, -0.05) is 42.5 Å². The molecule has 3 rings (SSSR count). The monoisotopic (exact) mass is 474 g/mol. The van der Waals surface area contributed by atoms with Gasteiger partial charge in [0.15, 0.2) is 6.61 Å². The summed E-state index contributed by atoms with van der Waals surface area (Å²) >= 11 is 0. The van der Waals surface area contributed by atoms with Gasteiger partial charge in [0.05, 0.1) is 25.5 Å². The molecule has 0 heterocycles. The fourth-order valence-corrected chi connectivity index (χ4v) is 3.13. The normalized spacial score (nSPS) is 10.5. The second kappa shape index (κ2) is 12.6. The Labute approximate surface area is 203 Å². The molecule has 0 saturated heterocycles. The van der Waals surface area contributed by atoms with Crippen LogP contribution >= 0.6 is 0 Å². The molecule has 3 aromatic carbocycles. The Kier molecular flexibility index (Phi) is 9.01. The number of esters is 1. The molecule has 0 radical (unpaired) electrons. The lowest BCUT2D eigenvalue weighted by atomic mass is 10.1. The topological polar surface area (TPSA) is 103 Å². The van der Waals surface area contributed by atoms with Gasteiger partial charge in [-0.2, -0.15) is 0 Å². The van der Waals surface area contributed by atoms with Crippen molar-refractivity contribution in [3.05, 3.63) is 95.6 Å². The van der Waals surface area contributed by atoms with Crippen LogP contribution in [-0.2, 0) is 20.9 Å². The molecule has 3 aromatic rings. The van der Waals surface area contributed by atoms with Crippen molar-refractivity contribution >= 4 is 29.5 Å². The number of carbonyl (C=O) groups is 3. The zero-order chi connectivity index (χ0) is 25.0. The third kappa shape index (κ3) is 7.46. The number of hydrogen-bond donors (Lipinski definition) is 2. The van der Waals surface area contributed by atoms with Crippen LogP contribution in [0.3, 0.4) is 0 Å². The summed E-state index contributed by atoms with van der Waals surface area (Å²) in [7, 11) is 3.13. The number of benzene rings is 3. The minimum Gasteiger partial charge on any atom is -0.497 e. The Balaban J connectivity index is 1.54. The van der Waals surface area contributed by atoms with Crippen LogP contribution in [0.2, 0.25) is 0 Å². The molecule has 0 fully saturated rings. The molecular formula is C27H26N2O6. The second-order valence-electron chi connectivity index (χ2n) is 7.31. The van der Waals surface area contributed by atoms with Crippen molar-refractivity contribution in [1.82, 2.24) is 5.32 Å². The summed E-state index contributed by atoms with van der Waals surface area (Å²) < 4.78 is 15.5. The smallest absolute Gasteiger partial charge is 0.340 e. The van der Waals surface area contributed by atoms with Gasteiger partial charge in [0.1, 0.15) is 11.5 Å². The van der Waals surface area contributed by atoms with E-state index in [-0.39, 0.29) is 17.8 Å². The fraction of sp³-hybridized carbons (Fsp3) is 0.148. The van der Waals surface area contributed by atoms with E-state index in [2.05, 4.69) is 10.6 Å². The van der Waals surface area contributed by atoms with Crippen LogP contribution in [-0.4, -0.2) is 38.6 Å². The van der Waals surface area contributed by atoms with Crippen LogP contribution in [0.4, 0.5) is 5.69 Å². The first kappa shape index (κ1) is 25.0. The average Bonchev–Trinajstić information content (AvgIpc) is 2.90. The van der Waals surface area contributed by atoms with Gasteiger partial charge in [-0.15, -0.1) is 0 Å². The number of hydrogen-bond acceptors (Lipinski definition) is 6. The van der Waals surface area contributed by atoms with E-state index in [1.54, 1.807) is 56.7 Å². The van der Waals surface area contributed by atoms with E-state index in [1.165, 1.54) is 12.1 Å². The number of amides is 2. The highest BCUT2D eigenvalue weighted by atomic mass is 16.5. The molecule has 0 aliphatic rings. The Morgan fingerprint density at radius 1 is 0.857 bits per heavy atom. The highest BCUT2D eigenvalue weighted by molar-refractivity contribution is 6.06. The van der Waals surface area contributed by atoms with Crippen molar-refractivity contribution in [2.45, 2.75) is 6.54 Å².